The number of thioether (sulfide) groups is 1. The van der Waals surface area contributed by atoms with Crippen LogP contribution in [0.3, 0.4) is 0 Å². The first-order valence-electron chi connectivity index (χ1n) is 9.13. The molecule has 1 aromatic carbocycles. The standard InChI is InChI=1S/C19H18FN5O2S/c20-12-1-2-15-13(6-12)19(22-10-21-15)23-16-7-27-8-17(16)25-18(26)5-11-9-28-4-3-14(11)24-25/h1-2,5-6,10,16-17H,3-4,7-9H2,(H,21,22,23). The largest absolute Gasteiger partial charge is 0.377 e. The smallest absolute Gasteiger partial charge is 0.267 e. The van der Waals surface area contributed by atoms with Crippen molar-refractivity contribution in [2.24, 2.45) is 0 Å². The molecule has 28 heavy (non-hydrogen) atoms. The number of fused-ring (bicyclic) bond motifs is 2. The van der Waals surface area contributed by atoms with E-state index in [9.17, 15) is 9.18 Å². The quantitative estimate of drug-likeness (QED) is 0.723. The number of hydrogen-bond donors (Lipinski definition) is 1. The number of hydrogen-bond acceptors (Lipinski definition) is 7. The summed E-state index contributed by atoms with van der Waals surface area (Å²) >= 11 is 1.82. The third-order valence-electron chi connectivity index (χ3n) is 5.15. The zero-order valence-corrected chi connectivity index (χ0v) is 15.8. The zero-order valence-electron chi connectivity index (χ0n) is 15.0. The maximum atomic E-state index is 13.7. The minimum Gasteiger partial charge on any atom is -0.377 e. The lowest BCUT2D eigenvalue weighted by Crippen LogP contribution is -2.38. The second kappa shape index (κ2) is 7.14. The number of nitrogens with one attached hydrogen (secondary N) is 1. The Balaban J connectivity index is 1.49. The molecule has 2 aliphatic rings. The van der Waals surface area contributed by atoms with Crippen molar-refractivity contribution >= 4 is 28.5 Å². The van der Waals surface area contributed by atoms with Crippen molar-refractivity contribution in [3.05, 3.63) is 58.0 Å². The summed E-state index contributed by atoms with van der Waals surface area (Å²) < 4.78 is 20.9. The maximum Gasteiger partial charge on any atom is 0.267 e. The number of nitrogens with zero attached hydrogens (tertiary/aromatic N) is 4. The second-order valence-corrected chi connectivity index (χ2v) is 8.05. The Kier molecular flexibility index (Phi) is 4.48. The number of aryl methyl sites for hydroxylation is 1. The Bertz CT molecular complexity index is 1110. The number of aromatic nitrogens is 4. The van der Waals surface area contributed by atoms with Crippen LogP contribution in [0, 0.1) is 5.82 Å². The van der Waals surface area contributed by atoms with E-state index in [-0.39, 0.29) is 23.5 Å². The molecule has 0 bridgehead atoms. The fraction of sp³-hybridized carbons (Fsp3) is 0.368. The van der Waals surface area contributed by atoms with Crippen LogP contribution in [0.5, 0.6) is 0 Å². The van der Waals surface area contributed by atoms with Crippen LogP contribution in [0.4, 0.5) is 10.2 Å². The third kappa shape index (κ3) is 3.14. The molecular weight excluding hydrogens is 381 g/mol. The summed E-state index contributed by atoms with van der Waals surface area (Å²) in [4.78, 5) is 21.1. The number of benzene rings is 1. The van der Waals surface area contributed by atoms with E-state index < -0.39 is 0 Å². The van der Waals surface area contributed by atoms with Crippen molar-refractivity contribution < 1.29 is 9.13 Å². The van der Waals surface area contributed by atoms with Gasteiger partial charge in [-0.15, -0.1) is 0 Å². The molecule has 3 aromatic rings. The van der Waals surface area contributed by atoms with Gasteiger partial charge < -0.3 is 10.1 Å². The van der Waals surface area contributed by atoms with E-state index in [0.29, 0.717) is 29.9 Å². The van der Waals surface area contributed by atoms with Gasteiger partial charge in [-0.1, -0.05) is 0 Å². The van der Waals surface area contributed by atoms with Crippen LogP contribution in [0.25, 0.3) is 10.9 Å². The Morgan fingerprint density at radius 2 is 2.18 bits per heavy atom. The number of anilines is 1. The maximum absolute atomic E-state index is 13.7. The van der Waals surface area contributed by atoms with Gasteiger partial charge in [0.25, 0.3) is 5.56 Å². The second-order valence-electron chi connectivity index (χ2n) is 6.94. The Labute approximate surface area is 164 Å². The first-order chi connectivity index (χ1) is 13.7. The van der Waals surface area contributed by atoms with Gasteiger partial charge in [0.05, 0.1) is 30.5 Å². The highest BCUT2D eigenvalue weighted by Gasteiger charge is 2.32. The average molecular weight is 399 g/mol. The van der Waals surface area contributed by atoms with Crippen molar-refractivity contribution in [1.82, 2.24) is 19.7 Å². The highest BCUT2D eigenvalue weighted by atomic mass is 32.2. The van der Waals surface area contributed by atoms with Gasteiger partial charge >= 0.3 is 0 Å². The van der Waals surface area contributed by atoms with E-state index in [0.717, 1.165) is 29.2 Å². The minimum absolute atomic E-state index is 0.123. The van der Waals surface area contributed by atoms with Gasteiger partial charge in [0.1, 0.15) is 24.0 Å². The fourth-order valence-electron chi connectivity index (χ4n) is 3.71. The van der Waals surface area contributed by atoms with Gasteiger partial charge in [-0.3, -0.25) is 4.79 Å². The molecule has 7 nitrogen and oxygen atoms in total. The summed E-state index contributed by atoms with van der Waals surface area (Å²) in [6.45, 7) is 0.794. The zero-order chi connectivity index (χ0) is 19.1. The summed E-state index contributed by atoms with van der Waals surface area (Å²) in [5.41, 5.74) is 2.54. The van der Waals surface area contributed by atoms with Crippen LogP contribution in [-0.2, 0) is 16.9 Å². The van der Waals surface area contributed by atoms with Crippen LogP contribution in [-0.4, -0.2) is 44.8 Å². The van der Waals surface area contributed by atoms with Crippen LogP contribution in [0.1, 0.15) is 17.3 Å². The van der Waals surface area contributed by atoms with Crippen LogP contribution in [0.15, 0.2) is 35.4 Å². The highest BCUT2D eigenvalue weighted by molar-refractivity contribution is 7.98. The number of ether oxygens (including phenoxy) is 1. The van der Waals surface area contributed by atoms with E-state index >= 15 is 0 Å². The lowest BCUT2D eigenvalue weighted by Gasteiger charge is -2.23. The first-order valence-corrected chi connectivity index (χ1v) is 10.3. The molecule has 0 aliphatic carbocycles. The predicted octanol–water partition coefficient (Wildman–Crippen LogP) is 2.17. The topological polar surface area (TPSA) is 81.9 Å². The summed E-state index contributed by atoms with van der Waals surface area (Å²) in [7, 11) is 0. The molecule has 0 amide bonds. The molecule has 4 heterocycles. The Morgan fingerprint density at radius 3 is 3.11 bits per heavy atom. The van der Waals surface area contributed by atoms with E-state index in [1.54, 1.807) is 12.1 Å². The molecule has 5 rings (SSSR count). The monoisotopic (exact) mass is 399 g/mol. The average Bonchev–Trinajstić information content (AvgIpc) is 3.16. The van der Waals surface area contributed by atoms with Crippen molar-refractivity contribution in [1.29, 1.82) is 0 Å². The third-order valence-corrected chi connectivity index (χ3v) is 6.16. The van der Waals surface area contributed by atoms with Crippen molar-refractivity contribution in [3.63, 3.8) is 0 Å². The lowest BCUT2D eigenvalue weighted by atomic mass is 10.1. The van der Waals surface area contributed by atoms with Gasteiger partial charge in [-0.05, 0) is 29.5 Å². The molecule has 2 aromatic heterocycles. The molecule has 2 aliphatic heterocycles. The highest BCUT2D eigenvalue weighted by Crippen LogP contribution is 2.27. The van der Waals surface area contributed by atoms with Gasteiger partial charge in [0.2, 0.25) is 0 Å². The molecule has 0 spiro atoms. The molecule has 2 atom stereocenters. The van der Waals surface area contributed by atoms with Crippen molar-refractivity contribution in [2.45, 2.75) is 24.3 Å². The van der Waals surface area contributed by atoms with E-state index in [2.05, 4.69) is 20.4 Å². The van der Waals surface area contributed by atoms with Gasteiger partial charge in [-0.2, -0.15) is 16.9 Å². The number of rotatable bonds is 3. The summed E-state index contributed by atoms with van der Waals surface area (Å²) in [5.74, 6) is 2.02. The summed E-state index contributed by atoms with van der Waals surface area (Å²) in [6, 6.07) is 5.62. The molecule has 1 saturated heterocycles. The van der Waals surface area contributed by atoms with Gasteiger partial charge in [-0.25, -0.2) is 19.0 Å². The molecule has 144 valence electrons. The molecule has 0 radical (unpaired) electrons. The SMILES string of the molecule is O=c1cc2c(nn1C1COCC1Nc1ncnc3ccc(F)cc13)CCSC2. The van der Waals surface area contributed by atoms with Gasteiger partial charge in [0.15, 0.2) is 0 Å². The Morgan fingerprint density at radius 1 is 1.25 bits per heavy atom. The molecule has 9 heteroatoms. The normalized spacial score (nSPS) is 21.6. The first kappa shape index (κ1) is 17.6. The predicted molar refractivity (Wildman–Crippen MR) is 105 cm³/mol. The minimum atomic E-state index is -0.352. The van der Waals surface area contributed by atoms with Gasteiger partial charge in [0, 0.05) is 23.6 Å². The molecule has 1 fully saturated rings. The van der Waals surface area contributed by atoms with E-state index in [1.807, 2.05) is 11.8 Å². The molecular formula is C19H18FN5O2S. The summed E-state index contributed by atoms with van der Waals surface area (Å²) in [5, 5.41) is 8.55. The molecule has 0 saturated carbocycles. The summed E-state index contributed by atoms with van der Waals surface area (Å²) in [6.07, 6.45) is 2.30. The lowest BCUT2D eigenvalue weighted by molar-refractivity contribution is 0.182. The van der Waals surface area contributed by atoms with Crippen LogP contribution in [0.2, 0.25) is 0 Å². The van der Waals surface area contributed by atoms with Crippen molar-refractivity contribution in [2.75, 3.05) is 24.3 Å². The van der Waals surface area contributed by atoms with Crippen molar-refractivity contribution in [3.8, 4) is 0 Å². The number of halogens is 1. The van der Waals surface area contributed by atoms with Crippen LogP contribution < -0.4 is 10.9 Å². The molecule has 1 N–H and O–H groups in total. The fourth-order valence-corrected chi connectivity index (χ4v) is 4.66. The van der Waals surface area contributed by atoms with E-state index in [4.69, 9.17) is 4.74 Å². The van der Waals surface area contributed by atoms with Crippen LogP contribution >= 0.6 is 11.8 Å². The Hall–Kier alpha value is -2.52. The van der Waals surface area contributed by atoms with E-state index in [1.165, 1.54) is 23.1 Å². The molecule has 2 unspecified atom stereocenters.